The van der Waals surface area contributed by atoms with Crippen molar-refractivity contribution in [1.29, 1.82) is 0 Å². The van der Waals surface area contributed by atoms with Crippen LogP contribution in [0, 0.1) is 0 Å². The SMILES string of the molecule is COC1(c2nnc(CN(C)c3ccccc3-c3ccccc3)o2)CCOC1. The fourth-order valence-corrected chi connectivity index (χ4v) is 3.42. The van der Waals surface area contributed by atoms with Gasteiger partial charge in [0.1, 0.15) is 0 Å². The average molecular weight is 365 g/mol. The molecule has 27 heavy (non-hydrogen) atoms. The Morgan fingerprint density at radius 3 is 2.59 bits per heavy atom. The molecule has 0 spiro atoms. The number of nitrogens with zero attached hydrogens (tertiary/aromatic N) is 3. The van der Waals surface area contributed by atoms with Gasteiger partial charge in [-0.15, -0.1) is 10.2 Å². The number of rotatable bonds is 6. The van der Waals surface area contributed by atoms with Gasteiger partial charge in [0.05, 0.1) is 19.8 Å². The summed E-state index contributed by atoms with van der Waals surface area (Å²) < 4.78 is 17.0. The van der Waals surface area contributed by atoms with Crippen molar-refractivity contribution >= 4 is 5.69 Å². The number of anilines is 1. The number of hydrogen-bond acceptors (Lipinski definition) is 6. The summed E-state index contributed by atoms with van der Waals surface area (Å²) in [5, 5.41) is 8.45. The van der Waals surface area contributed by atoms with Crippen molar-refractivity contribution in [1.82, 2.24) is 10.2 Å². The molecule has 1 saturated heterocycles. The smallest absolute Gasteiger partial charge is 0.250 e. The number of para-hydroxylation sites is 1. The molecule has 3 aromatic rings. The molecule has 2 heterocycles. The lowest BCUT2D eigenvalue weighted by Crippen LogP contribution is -2.29. The van der Waals surface area contributed by atoms with Crippen molar-refractivity contribution in [3.8, 4) is 11.1 Å². The molecular weight excluding hydrogens is 342 g/mol. The molecule has 140 valence electrons. The number of methoxy groups -OCH3 is 1. The third-order valence-electron chi connectivity index (χ3n) is 5.01. The minimum atomic E-state index is -0.619. The van der Waals surface area contributed by atoms with Crippen LogP contribution >= 0.6 is 0 Å². The van der Waals surface area contributed by atoms with Gasteiger partial charge in [-0.25, -0.2) is 0 Å². The number of benzene rings is 2. The molecule has 0 radical (unpaired) electrons. The summed E-state index contributed by atoms with van der Waals surface area (Å²) in [6.07, 6.45) is 0.720. The predicted molar refractivity (Wildman–Crippen MR) is 102 cm³/mol. The molecule has 0 N–H and O–H groups in total. The quantitative estimate of drug-likeness (QED) is 0.665. The van der Waals surface area contributed by atoms with E-state index in [2.05, 4.69) is 39.4 Å². The normalized spacial score (nSPS) is 19.3. The lowest BCUT2D eigenvalue weighted by Gasteiger charge is -2.22. The molecule has 0 bridgehead atoms. The molecule has 0 amide bonds. The first-order valence-electron chi connectivity index (χ1n) is 9.03. The van der Waals surface area contributed by atoms with Crippen LogP contribution in [0.25, 0.3) is 11.1 Å². The van der Waals surface area contributed by atoms with Gasteiger partial charge < -0.3 is 18.8 Å². The summed E-state index contributed by atoms with van der Waals surface area (Å²) in [5.41, 5.74) is 2.82. The van der Waals surface area contributed by atoms with E-state index in [1.54, 1.807) is 7.11 Å². The molecule has 6 nitrogen and oxygen atoms in total. The summed E-state index contributed by atoms with van der Waals surface area (Å²) in [5.74, 6) is 1.04. The summed E-state index contributed by atoms with van der Waals surface area (Å²) in [4.78, 5) is 2.12. The van der Waals surface area contributed by atoms with Gasteiger partial charge in [-0.3, -0.25) is 0 Å². The maximum absolute atomic E-state index is 5.93. The van der Waals surface area contributed by atoms with Gasteiger partial charge in [-0.2, -0.15) is 0 Å². The van der Waals surface area contributed by atoms with E-state index >= 15 is 0 Å². The lowest BCUT2D eigenvalue weighted by molar-refractivity contribution is -0.0416. The molecule has 1 atom stereocenters. The fourth-order valence-electron chi connectivity index (χ4n) is 3.42. The second kappa shape index (κ2) is 7.50. The van der Waals surface area contributed by atoms with Crippen LogP contribution in [-0.2, 0) is 21.6 Å². The van der Waals surface area contributed by atoms with Gasteiger partial charge >= 0.3 is 0 Å². The zero-order valence-electron chi connectivity index (χ0n) is 15.6. The Bertz CT molecular complexity index is 888. The number of hydrogen-bond donors (Lipinski definition) is 0. The Morgan fingerprint density at radius 2 is 1.85 bits per heavy atom. The molecule has 1 fully saturated rings. The Balaban J connectivity index is 1.57. The van der Waals surface area contributed by atoms with Crippen LogP contribution in [0.4, 0.5) is 5.69 Å². The Hall–Kier alpha value is -2.70. The average Bonchev–Trinajstić information content (AvgIpc) is 3.39. The van der Waals surface area contributed by atoms with Gasteiger partial charge in [0, 0.05) is 31.8 Å². The monoisotopic (exact) mass is 365 g/mol. The highest BCUT2D eigenvalue weighted by atomic mass is 16.6. The Labute approximate surface area is 158 Å². The van der Waals surface area contributed by atoms with Gasteiger partial charge in [0.2, 0.25) is 5.89 Å². The van der Waals surface area contributed by atoms with Crippen molar-refractivity contribution in [3.05, 3.63) is 66.4 Å². The molecule has 0 aliphatic carbocycles. The van der Waals surface area contributed by atoms with Crippen LogP contribution in [0.1, 0.15) is 18.2 Å². The third kappa shape index (κ3) is 3.46. The first kappa shape index (κ1) is 17.7. The summed E-state index contributed by atoms with van der Waals surface area (Å²) in [6, 6.07) is 18.6. The largest absolute Gasteiger partial charge is 0.420 e. The van der Waals surface area contributed by atoms with Crippen LogP contribution in [0.3, 0.4) is 0 Å². The van der Waals surface area contributed by atoms with Crippen LogP contribution in [-0.4, -0.2) is 37.6 Å². The molecule has 1 aliphatic heterocycles. The predicted octanol–water partition coefficient (Wildman–Crippen LogP) is 3.64. The van der Waals surface area contributed by atoms with Crippen LogP contribution in [0.5, 0.6) is 0 Å². The summed E-state index contributed by atoms with van der Waals surface area (Å²) >= 11 is 0. The van der Waals surface area contributed by atoms with E-state index in [0.717, 1.165) is 17.7 Å². The molecule has 2 aromatic carbocycles. The maximum Gasteiger partial charge on any atom is 0.250 e. The highest BCUT2D eigenvalue weighted by Gasteiger charge is 2.42. The first-order chi connectivity index (χ1) is 13.2. The van der Waals surface area contributed by atoms with Gasteiger partial charge in [-0.05, 0) is 11.6 Å². The van der Waals surface area contributed by atoms with E-state index in [-0.39, 0.29) is 0 Å². The van der Waals surface area contributed by atoms with Crippen molar-refractivity contribution in [2.24, 2.45) is 0 Å². The third-order valence-corrected chi connectivity index (χ3v) is 5.01. The minimum Gasteiger partial charge on any atom is -0.420 e. The van der Waals surface area contributed by atoms with E-state index in [9.17, 15) is 0 Å². The summed E-state index contributed by atoms with van der Waals surface area (Å²) in [6.45, 7) is 1.59. The molecule has 4 rings (SSSR count). The minimum absolute atomic E-state index is 0.442. The highest BCUT2D eigenvalue weighted by Crippen LogP contribution is 2.34. The molecule has 0 saturated carbocycles. The first-order valence-corrected chi connectivity index (χ1v) is 9.03. The topological polar surface area (TPSA) is 60.6 Å². The molecule has 1 aliphatic rings. The molecule has 6 heteroatoms. The van der Waals surface area contributed by atoms with E-state index in [1.165, 1.54) is 5.56 Å². The molecule has 1 unspecified atom stereocenters. The number of aromatic nitrogens is 2. The van der Waals surface area contributed by atoms with Gasteiger partial charge in [0.25, 0.3) is 5.89 Å². The van der Waals surface area contributed by atoms with Crippen LogP contribution in [0.2, 0.25) is 0 Å². The van der Waals surface area contributed by atoms with Gasteiger partial charge in [0.15, 0.2) is 5.60 Å². The van der Waals surface area contributed by atoms with E-state index in [1.807, 2.05) is 37.4 Å². The van der Waals surface area contributed by atoms with Crippen molar-refractivity contribution < 1.29 is 13.9 Å². The fraction of sp³-hybridized carbons (Fsp3) is 0.333. The standard InChI is InChI=1S/C21H23N3O3/c1-24(18-11-7-6-10-17(18)16-8-4-3-5-9-16)14-19-22-23-20(27-19)21(25-2)12-13-26-15-21/h3-11H,12-15H2,1-2H3. The Morgan fingerprint density at radius 1 is 1.07 bits per heavy atom. The van der Waals surface area contributed by atoms with Crippen molar-refractivity contribution in [2.45, 2.75) is 18.6 Å². The van der Waals surface area contributed by atoms with E-state index in [4.69, 9.17) is 13.9 Å². The zero-order valence-corrected chi connectivity index (χ0v) is 15.6. The molecular formula is C21H23N3O3. The summed E-state index contributed by atoms with van der Waals surface area (Å²) in [7, 11) is 3.68. The van der Waals surface area contributed by atoms with Crippen molar-refractivity contribution in [2.75, 3.05) is 32.3 Å². The van der Waals surface area contributed by atoms with Crippen LogP contribution < -0.4 is 4.90 Å². The Kier molecular flexibility index (Phi) is 4.92. The lowest BCUT2D eigenvalue weighted by atomic mass is 10.0. The maximum atomic E-state index is 5.93. The highest BCUT2D eigenvalue weighted by molar-refractivity contribution is 5.78. The molecule has 1 aromatic heterocycles. The second-order valence-corrected chi connectivity index (χ2v) is 6.74. The van der Waals surface area contributed by atoms with Gasteiger partial charge in [-0.1, -0.05) is 48.5 Å². The van der Waals surface area contributed by atoms with E-state index in [0.29, 0.717) is 31.5 Å². The zero-order chi connectivity index (χ0) is 18.7. The number of ether oxygens (including phenoxy) is 2. The van der Waals surface area contributed by atoms with E-state index < -0.39 is 5.60 Å². The van der Waals surface area contributed by atoms with Crippen molar-refractivity contribution in [3.63, 3.8) is 0 Å². The second-order valence-electron chi connectivity index (χ2n) is 6.74. The van der Waals surface area contributed by atoms with Crippen LogP contribution in [0.15, 0.2) is 59.0 Å².